The summed E-state index contributed by atoms with van der Waals surface area (Å²) in [4.78, 5) is 272. The summed E-state index contributed by atoms with van der Waals surface area (Å²) < 4.78 is 5.66. The van der Waals surface area contributed by atoms with E-state index < -0.39 is 261 Å². The zero-order valence-electron chi connectivity index (χ0n) is 62.5. The number of nitrogen functional groups attached to an aromatic ring is 1. The van der Waals surface area contributed by atoms with Crippen LogP contribution in [0.2, 0.25) is 0 Å². The lowest BCUT2D eigenvalue weighted by atomic mass is 9.96. The normalized spacial score (nSPS) is 21.3. The summed E-state index contributed by atoms with van der Waals surface area (Å²) in [5.74, 6) is -30.1. The number of rotatable bonds is 35. The van der Waals surface area contributed by atoms with Gasteiger partial charge in [0.15, 0.2) is 5.78 Å². The van der Waals surface area contributed by atoms with Gasteiger partial charge in [0.1, 0.15) is 78.3 Å². The van der Waals surface area contributed by atoms with E-state index in [1.807, 2.05) is 16.0 Å². The molecule has 1 heterocycles. The Hall–Kier alpha value is -12.4. The number of cyclic esters (lactones) is 1. The first-order valence-corrected chi connectivity index (χ1v) is 36.0. The zero-order chi connectivity index (χ0) is 84.8. The third-order valence-corrected chi connectivity index (χ3v) is 17.1. The maximum Gasteiger partial charge on any atom is 0.329 e. The van der Waals surface area contributed by atoms with Crippen LogP contribution in [0.25, 0.3) is 0 Å². The Morgan fingerprint density at radius 1 is 0.540 bits per heavy atom. The highest BCUT2D eigenvalue weighted by atomic mass is 16.5. The predicted molar refractivity (Wildman–Crippen MR) is 390 cm³/mol. The van der Waals surface area contributed by atoms with Crippen LogP contribution >= 0.6 is 0 Å². The van der Waals surface area contributed by atoms with Crippen molar-refractivity contribution in [2.75, 3.05) is 32.0 Å². The van der Waals surface area contributed by atoms with E-state index >= 15 is 0 Å². The standard InChI is InChI=1S/C70H100N16O27/c1-5-6-7-8-9-10-11-18-51(91)78-42(25-37-19-21-38(88)22-20-37)64(106)81-43(27-50(73)90)65(107)83-46(30-57(100)101)66(108)86-59-36(4)113-70(112)47(26-49(89)39-15-12-13-16-40(39)72)84-69(111)58(34(2)24-54(94)95)85-67(109)48(33-87)79-53(93)31-74-61(103)44(28-55(96)97)80-60(102)35(3)76-63(105)45(29-56(98)99)82-62(104)41(17-14-23-71)77-52(92)32-75-68(59)110/h12-13,15-16,19-22,34-36,41-48,58-59,87-88H,5-11,14,17-18,23-33,71-72H2,1-4H3,(H2,73,90)(H,74,103)(H,75,110)(H,76,105)(H,77,92)(H,78,91)(H,79,93)(H,80,102)(H,81,106)(H,82,104)(H,83,107)(H,84,111)(H,85,109)(H,86,108)(H,94,95)(H,96,97)(H,98,99)(H,100,101)/t34-,35-,36-,41+,42+,43-,44+,45+,46+,47+,48-,58+,59+/m1/s1. The van der Waals surface area contributed by atoms with Crippen LogP contribution in [0.5, 0.6) is 5.75 Å². The first-order chi connectivity index (χ1) is 53.3. The molecule has 0 bridgehead atoms. The average Bonchev–Trinajstić information content (AvgIpc) is 0.851. The van der Waals surface area contributed by atoms with Crippen molar-refractivity contribution in [1.29, 1.82) is 0 Å². The molecule has 622 valence electrons. The number of para-hydroxylation sites is 1. The van der Waals surface area contributed by atoms with E-state index in [9.17, 15) is 127 Å². The highest BCUT2D eigenvalue weighted by molar-refractivity contribution is 6.05. The van der Waals surface area contributed by atoms with Crippen LogP contribution < -0.4 is 86.3 Å². The lowest BCUT2D eigenvalue weighted by Crippen LogP contribution is -2.62. The quantitative estimate of drug-likeness (QED) is 0.0132. The molecule has 13 atom stereocenters. The van der Waals surface area contributed by atoms with Gasteiger partial charge in [-0.1, -0.05) is 76.6 Å². The molecule has 0 saturated carbocycles. The zero-order valence-corrected chi connectivity index (χ0v) is 62.5. The molecule has 0 radical (unpaired) electrons. The molecule has 0 aromatic heterocycles. The Morgan fingerprint density at radius 3 is 1.63 bits per heavy atom. The van der Waals surface area contributed by atoms with E-state index in [-0.39, 0.29) is 42.8 Å². The van der Waals surface area contributed by atoms with E-state index in [1.165, 1.54) is 48.5 Å². The Kier molecular flexibility index (Phi) is 40.5. The molecule has 0 spiro atoms. The molecule has 43 heteroatoms. The van der Waals surface area contributed by atoms with Crippen molar-refractivity contribution in [3.05, 3.63) is 59.7 Å². The second kappa shape index (κ2) is 48.3. The minimum absolute atomic E-state index is 0.0447. The maximum absolute atomic E-state index is 14.8. The highest BCUT2D eigenvalue weighted by Gasteiger charge is 2.41. The second-order valence-corrected chi connectivity index (χ2v) is 26.6. The number of aromatic hydroxyl groups is 1. The molecule has 0 aliphatic carbocycles. The number of Topliss-reactive ketones (excluding diaryl/α,β-unsaturated/α-hetero) is 1. The SMILES string of the molecule is CCCCCCCCCC(=O)N[C@@H](Cc1ccc(O)cc1)C(=O)N[C@H](CC(N)=O)C(=O)N[C@@H](CC(=O)O)C(=O)N[C@@H]1C(=O)NCC(=O)N[C@@H](CCCN)C(=O)N[C@@H](CC(=O)O)C(=O)N[C@H](C)C(=O)N[C@@H](CC(=O)O)C(=O)NCC(=O)N[C@H](CO)C(=O)N[C@@H]([C@H](C)CC(=O)O)C(=O)N[C@@H](CC(=O)c2ccccc2N)C(=O)O[C@@H]1C. The smallest absolute Gasteiger partial charge is 0.329 e. The number of phenols is 1. The van der Waals surface area contributed by atoms with E-state index in [4.69, 9.17) is 21.9 Å². The van der Waals surface area contributed by atoms with Crippen molar-refractivity contribution >= 4 is 124 Å². The van der Waals surface area contributed by atoms with Crippen molar-refractivity contribution in [3.63, 3.8) is 0 Å². The molecule has 1 aliphatic heterocycles. The largest absolute Gasteiger partial charge is 0.508 e. The van der Waals surface area contributed by atoms with E-state index in [0.29, 0.717) is 18.4 Å². The molecule has 25 N–H and O–H groups in total. The van der Waals surface area contributed by atoms with Crippen molar-refractivity contribution in [3.8, 4) is 5.75 Å². The number of nitrogens with two attached hydrogens (primary N) is 3. The van der Waals surface area contributed by atoms with Crippen LogP contribution in [0.1, 0.15) is 146 Å². The number of esters is 1. The number of aliphatic hydroxyl groups is 1. The van der Waals surface area contributed by atoms with Crippen LogP contribution in [0, 0.1) is 5.92 Å². The van der Waals surface area contributed by atoms with Gasteiger partial charge in [0.25, 0.3) is 0 Å². The highest BCUT2D eigenvalue weighted by Crippen LogP contribution is 2.19. The molecule has 1 aliphatic rings. The number of primary amides is 1. The fourth-order valence-electron chi connectivity index (χ4n) is 11.1. The molecule has 43 nitrogen and oxygen atoms in total. The van der Waals surface area contributed by atoms with E-state index in [1.54, 1.807) is 0 Å². The first kappa shape index (κ1) is 94.8. The third kappa shape index (κ3) is 34.6. The lowest BCUT2D eigenvalue weighted by molar-refractivity contribution is -0.156. The molecular formula is C70H100N16O27. The molecular weight excluding hydrogens is 1500 g/mol. The minimum atomic E-state index is -2.46. The summed E-state index contributed by atoms with van der Waals surface area (Å²) in [5.41, 5.74) is 17.2. The second-order valence-electron chi connectivity index (χ2n) is 26.6. The number of unbranched alkanes of at least 4 members (excludes halogenated alkanes) is 6. The van der Waals surface area contributed by atoms with Crippen LogP contribution in [0.15, 0.2) is 48.5 Å². The maximum atomic E-state index is 14.8. The number of carbonyl (C=O) groups excluding carboxylic acids is 16. The van der Waals surface area contributed by atoms with Gasteiger partial charge >= 0.3 is 29.8 Å². The van der Waals surface area contributed by atoms with Crippen LogP contribution in [-0.4, -0.2) is 248 Å². The molecule has 0 unspecified atom stereocenters. The van der Waals surface area contributed by atoms with Gasteiger partial charge in [0.05, 0.1) is 51.8 Å². The van der Waals surface area contributed by atoms with Gasteiger partial charge in [-0.3, -0.25) is 91.1 Å². The van der Waals surface area contributed by atoms with Crippen LogP contribution in [-0.2, 0) is 102 Å². The summed E-state index contributed by atoms with van der Waals surface area (Å²) in [6.07, 6.45) is -4.18. The number of aliphatic hydroxyl groups excluding tert-OH is 1. The van der Waals surface area contributed by atoms with Gasteiger partial charge in [0, 0.05) is 30.5 Å². The first-order valence-electron chi connectivity index (χ1n) is 36.0. The number of anilines is 1. The van der Waals surface area contributed by atoms with Crippen molar-refractivity contribution < 1.29 is 131 Å². The summed E-state index contributed by atoms with van der Waals surface area (Å²) >= 11 is 0. The number of hydrogen-bond donors (Lipinski definition) is 22. The van der Waals surface area contributed by atoms with Crippen molar-refractivity contribution in [2.45, 2.75) is 209 Å². The van der Waals surface area contributed by atoms with Crippen LogP contribution in [0.3, 0.4) is 0 Å². The molecule has 1 saturated heterocycles. The fraction of sp³-hybridized carbons (Fsp3) is 0.543. The van der Waals surface area contributed by atoms with Gasteiger partial charge in [-0.25, -0.2) is 4.79 Å². The number of amides is 14. The topological polar surface area (TPSA) is 706 Å². The Balaban J connectivity index is 2.29. The Labute approximate surface area is 646 Å². The monoisotopic (exact) mass is 1600 g/mol. The number of aliphatic carboxylic acids is 4. The van der Waals surface area contributed by atoms with Gasteiger partial charge in [-0.05, 0) is 75.4 Å². The van der Waals surface area contributed by atoms with E-state index in [0.717, 1.165) is 52.9 Å². The Bertz CT molecular complexity index is 3770. The Morgan fingerprint density at radius 2 is 1.06 bits per heavy atom. The number of carboxylic acids is 4. The molecule has 113 heavy (non-hydrogen) atoms. The number of benzene rings is 2. The number of carboxylic acid groups (broad SMARTS) is 4. The van der Waals surface area contributed by atoms with Gasteiger partial charge < -0.3 is 122 Å². The molecule has 2 aromatic carbocycles. The molecule has 2 aromatic rings. The number of ketones is 1. The average molecular weight is 1600 g/mol. The van der Waals surface area contributed by atoms with Gasteiger partial charge in [-0.15, -0.1) is 0 Å². The summed E-state index contributed by atoms with van der Waals surface area (Å²) in [6, 6.07) is -12.2. The third-order valence-electron chi connectivity index (χ3n) is 17.1. The number of ether oxygens (including phenoxy) is 1. The summed E-state index contributed by atoms with van der Waals surface area (Å²) in [5, 5.41) is 87.6. The van der Waals surface area contributed by atoms with Crippen LogP contribution in [0.4, 0.5) is 5.69 Å². The predicted octanol–water partition coefficient (Wildman–Crippen LogP) is -6.40. The fourth-order valence-corrected chi connectivity index (χ4v) is 11.1. The number of phenolic OH excluding ortho intramolecular Hbond substituents is 1. The lowest BCUT2D eigenvalue weighted by Gasteiger charge is -2.30. The minimum Gasteiger partial charge on any atom is -0.508 e. The molecule has 1 fully saturated rings. The number of hydrogen-bond acceptors (Lipinski definition) is 25. The van der Waals surface area contributed by atoms with Gasteiger partial charge in [0.2, 0.25) is 82.7 Å². The molecule has 3 rings (SSSR count). The summed E-state index contributed by atoms with van der Waals surface area (Å²) in [7, 11) is 0. The van der Waals surface area contributed by atoms with Gasteiger partial charge in [-0.2, -0.15) is 0 Å². The van der Waals surface area contributed by atoms with Crippen molar-refractivity contribution in [2.24, 2.45) is 17.4 Å². The number of carbonyl (C=O) groups is 20. The number of nitrogens with one attached hydrogen (secondary N) is 13. The summed E-state index contributed by atoms with van der Waals surface area (Å²) in [6.45, 7) is 1.06. The van der Waals surface area contributed by atoms with Crippen molar-refractivity contribution in [1.82, 2.24) is 69.1 Å². The molecule has 14 amide bonds. The van der Waals surface area contributed by atoms with E-state index in [2.05, 4.69) is 60.1 Å².